The van der Waals surface area contributed by atoms with Crippen molar-refractivity contribution < 1.29 is 14.9 Å². The Labute approximate surface area is 200 Å². The zero-order chi connectivity index (χ0) is 22.2. The van der Waals surface area contributed by atoms with Crippen LogP contribution in [0, 0.1) is 0 Å². The average Bonchev–Trinajstić information content (AvgIpc) is 2.74. The summed E-state index contributed by atoms with van der Waals surface area (Å²) >= 11 is 25.8. The van der Waals surface area contributed by atoms with Crippen molar-refractivity contribution in [3.63, 3.8) is 0 Å². The maximum Gasteiger partial charge on any atom is 0.169 e. The summed E-state index contributed by atoms with van der Waals surface area (Å²) in [6.07, 6.45) is 3.83. The topological polar surface area (TPSA) is 49.7 Å². The Balaban J connectivity index is 1.75. The van der Waals surface area contributed by atoms with Gasteiger partial charge in [0, 0.05) is 11.1 Å². The van der Waals surface area contributed by atoms with Crippen LogP contribution in [0.25, 0.3) is 11.1 Å². The number of halogens is 4. The molecule has 3 nitrogen and oxygen atoms in total. The predicted octanol–water partition coefficient (Wildman–Crippen LogP) is 7.17. The van der Waals surface area contributed by atoms with Gasteiger partial charge in [-0.3, -0.25) is 0 Å². The second kappa shape index (κ2) is 8.57. The molecule has 2 aromatic carbocycles. The van der Waals surface area contributed by atoms with E-state index in [0.717, 1.165) is 11.1 Å². The predicted molar refractivity (Wildman–Crippen MR) is 128 cm³/mol. The van der Waals surface area contributed by atoms with Gasteiger partial charge in [-0.2, -0.15) is 0 Å². The summed E-state index contributed by atoms with van der Waals surface area (Å²) in [5.41, 5.74) is 2.50. The fourth-order valence-electron chi connectivity index (χ4n) is 3.55. The van der Waals surface area contributed by atoms with Crippen molar-refractivity contribution >= 4 is 57.5 Å². The SMILES string of the molecule is OC1=C(c2ccccc2)C=CC(Cl)(Cl)C1OC1C(O)=C(c2ccccc2)C=CC1(Cl)Cl. The molecule has 2 N–H and O–H groups in total. The maximum absolute atomic E-state index is 11.0. The molecule has 0 aliphatic heterocycles. The first kappa shape index (κ1) is 22.3. The van der Waals surface area contributed by atoms with E-state index in [1.54, 1.807) is 12.2 Å². The number of ether oxygens (including phenoxy) is 1. The highest BCUT2D eigenvalue weighted by Gasteiger charge is 2.48. The van der Waals surface area contributed by atoms with Crippen LogP contribution in [0.4, 0.5) is 0 Å². The van der Waals surface area contributed by atoms with E-state index >= 15 is 0 Å². The molecule has 0 heterocycles. The Bertz CT molecular complexity index is 999. The van der Waals surface area contributed by atoms with Crippen molar-refractivity contribution in [2.45, 2.75) is 20.9 Å². The number of hydrogen-bond acceptors (Lipinski definition) is 3. The van der Waals surface area contributed by atoms with E-state index in [1.807, 2.05) is 60.7 Å². The largest absolute Gasteiger partial charge is 0.509 e. The van der Waals surface area contributed by atoms with Gasteiger partial charge < -0.3 is 14.9 Å². The van der Waals surface area contributed by atoms with Gasteiger partial charge in [-0.15, -0.1) is 0 Å². The normalized spacial score (nSPS) is 24.5. The smallest absolute Gasteiger partial charge is 0.169 e. The van der Waals surface area contributed by atoms with E-state index in [2.05, 4.69) is 0 Å². The molecule has 31 heavy (non-hydrogen) atoms. The van der Waals surface area contributed by atoms with Crippen molar-refractivity contribution in [1.82, 2.24) is 0 Å². The quantitative estimate of drug-likeness (QED) is 0.442. The Kier molecular flexibility index (Phi) is 6.17. The molecule has 0 radical (unpaired) electrons. The van der Waals surface area contributed by atoms with Gasteiger partial charge in [0.2, 0.25) is 0 Å². The molecule has 2 aliphatic carbocycles. The summed E-state index contributed by atoms with van der Waals surface area (Å²) in [5, 5.41) is 22.0. The van der Waals surface area contributed by atoms with Crippen LogP contribution >= 0.6 is 46.4 Å². The van der Waals surface area contributed by atoms with Crippen LogP contribution in [0.1, 0.15) is 11.1 Å². The van der Waals surface area contributed by atoms with Gasteiger partial charge in [-0.25, -0.2) is 0 Å². The standard InChI is InChI=1S/C24H18Cl4O3/c25-23(26)13-11-17(15-7-3-1-4-8-15)19(29)21(23)31-22-20(30)18(12-14-24(22,27)28)16-9-5-2-6-10-16/h1-14,21-22,29-30H. The fraction of sp³-hybridized carbons (Fsp3) is 0.167. The molecule has 4 rings (SSSR count). The molecule has 2 unspecified atom stereocenters. The Hall–Kier alpha value is -1.88. The van der Waals surface area contributed by atoms with Crippen molar-refractivity contribution in [2.75, 3.05) is 0 Å². The molecular formula is C24H18Cl4O3. The van der Waals surface area contributed by atoms with Gasteiger partial charge in [-0.05, 0) is 23.3 Å². The zero-order valence-corrected chi connectivity index (χ0v) is 19.1. The van der Waals surface area contributed by atoms with Gasteiger partial charge in [0.1, 0.15) is 11.5 Å². The lowest BCUT2D eigenvalue weighted by atomic mass is 9.93. The second-order valence-corrected chi connectivity index (χ2v) is 10.1. The third kappa shape index (κ3) is 4.39. The first-order valence-corrected chi connectivity index (χ1v) is 11.0. The van der Waals surface area contributed by atoms with Gasteiger partial charge in [0.15, 0.2) is 20.9 Å². The van der Waals surface area contributed by atoms with Crippen LogP contribution in [-0.2, 0) is 4.74 Å². The first-order valence-electron chi connectivity index (χ1n) is 9.47. The first-order chi connectivity index (χ1) is 14.7. The molecule has 2 aromatic rings. The van der Waals surface area contributed by atoms with Crippen LogP contribution in [-0.4, -0.2) is 31.1 Å². The summed E-state index contributed by atoms with van der Waals surface area (Å²) < 4.78 is 2.82. The van der Waals surface area contributed by atoms with E-state index in [-0.39, 0.29) is 11.5 Å². The van der Waals surface area contributed by atoms with Crippen LogP contribution in [0.15, 0.2) is 96.5 Å². The van der Waals surface area contributed by atoms with E-state index < -0.39 is 20.9 Å². The highest BCUT2D eigenvalue weighted by molar-refractivity contribution is 6.51. The maximum atomic E-state index is 11.0. The monoisotopic (exact) mass is 494 g/mol. The third-order valence-corrected chi connectivity index (χ3v) is 6.43. The number of aliphatic hydroxyl groups is 2. The van der Waals surface area contributed by atoms with Gasteiger partial charge in [0.25, 0.3) is 0 Å². The molecule has 0 fully saturated rings. The van der Waals surface area contributed by atoms with Crippen LogP contribution in [0.3, 0.4) is 0 Å². The Morgan fingerprint density at radius 2 is 0.968 bits per heavy atom. The van der Waals surface area contributed by atoms with Crippen molar-refractivity contribution in [3.8, 4) is 0 Å². The lowest BCUT2D eigenvalue weighted by molar-refractivity contribution is -0.0158. The second-order valence-electron chi connectivity index (χ2n) is 7.24. The molecular weight excluding hydrogens is 478 g/mol. The molecule has 0 aromatic heterocycles. The fourth-order valence-corrected chi connectivity index (χ4v) is 4.42. The number of alkyl halides is 4. The number of rotatable bonds is 4. The van der Waals surface area contributed by atoms with Crippen LogP contribution < -0.4 is 0 Å². The molecule has 0 amide bonds. The van der Waals surface area contributed by atoms with Crippen LogP contribution in [0.5, 0.6) is 0 Å². The average molecular weight is 496 g/mol. The summed E-state index contributed by atoms with van der Waals surface area (Å²) in [6.45, 7) is 0. The lowest BCUT2D eigenvalue weighted by Gasteiger charge is -2.38. The number of hydrogen-bond donors (Lipinski definition) is 2. The zero-order valence-electron chi connectivity index (χ0n) is 16.1. The molecule has 0 saturated heterocycles. The highest BCUT2D eigenvalue weighted by atomic mass is 35.5. The van der Waals surface area contributed by atoms with Gasteiger partial charge in [0.05, 0.1) is 0 Å². The van der Waals surface area contributed by atoms with Gasteiger partial charge >= 0.3 is 0 Å². The van der Waals surface area contributed by atoms with E-state index in [0.29, 0.717) is 11.1 Å². The van der Waals surface area contributed by atoms with Crippen molar-refractivity contribution in [3.05, 3.63) is 108 Å². The molecule has 0 saturated carbocycles. The van der Waals surface area contributed by atoms with E-state index in [4.69, 9.17) is 51.1 Å². The number of allylic oxidation sites excluding steroid dienone is 4. The summed E-state index contributed by atoms with van der Waals surface area (Å²) in [6, 6.07) is 18.5. The summed E-state index contributed by atoms with van der Waals surface area (Å²) in [7, 11) is 0. The molecule has 0 bridgehead atoms. The van der Waals surface area contributed by atoms with Crippen LogP contribution in [0.2, 0.25) is 0 Å². The lowest BCUT2D eigenvalue weighted by Crippen LogP contribution is -2.45. The molecule has 160 valence electrons. The Morgan fingerprint density at radius 1 is 0.613 bits per heavy atom. The van der Waals surface area contributed by atoms with Gasteiger partial charge in [-0.1, -0.05) is 119 Å². The molecule has 2 aliphatic rings. The van der Waals surface area contributed by atoms with Crippen molar-refractivity contribution in [1.29, 1.82) is 0 Å². The van der Waals surface area contributed by atoms with E-state index in [9.17, 15) is 10.2 Å². The van der Waals surface area contributed by atoms with E-state index in [1.165, 1.54) is 12.2 Å². The third-order valence-electron chi connectivity index (χ3n) is 5.13. The molecule has 7 heteroatoms. The molecule has 2 atom stereocenters. The van der Waals surface area contributed by atoms with Crippen molar-refractivity contribution in [2.24, 2.45) is 0 Å². The Morgan fingerprint density at radius 3 is 1.32 bits per heavy atom. The number of aliphatic hydroxyl groups excluding tert-OH is 2. The minimum atomic E-state index is -1.61. The highest BCUT2D eigenvalue weighted by Crippen LogP contribution is 2.46. The molecule has 0 spiro atoms. The minimum absolute atomic E-state index is 0.188. The summed E-state index contributed by atoms with van der Waals surface area (Å²) in [5.74, 6) is -0.377. The summed E-state index contributed by atoms with van der Waals surface area (Å²) in [4.78, 5) is 0. The number of benzene rings is 2. The minimum Gasteiger partial charge on any atom is -0.509 e.